The number of hydrogen-bond donors (Lipinski definition) is 1. The van der Waals surface area contributed by atoms with E-state index in [0.29, 0.717) is 6.42 Å². The summed E-state index contributed by atoms with van der Waals surface area (Å²) in [6, 6.07) is 4.98. The molecule has 0 aromatic heterocycles. The Morgan fingerprint density at radius 2 is 2.10 bits per heavy atom. The lowest BCUT2D eigenvalue weighted by Gasteiger charge is -2.32. The molecule has 0 amide bonds. The molecule has 3 nitrogen and oxygen atoms in total. The monoisotopic (exact) mass is 321 g/mol. The van der Waals surface area contributed by atoms with E-state index in [-0.39, 0.29) is 17.6 Å². The number of benzene rings is 1. The maximum absolute atomic E-state index is 13.9. The molecule has 0 aliphatic rings. The minimum atomic E-state index is -3.08. The van der Waals surface area contributed by atoms with E-state index in [2.05, 4.69) is 4.72 Å². The van der Waals surface area contributed by atoms with Gasteiger partial charge in [0.2, 0.25) is 0 Å². The van der Waals surface area contributed by atoms with Gasteiger partial charge in [0.1, 0.15) is 17.9 Å². The highest BCUT2D eigenvalue weighted by molar-refractivity contribution is 7.89. The first kappa shape index (κ1) is 18.0. The van der Waals surface area contributed by atoms with Crippen molar-refractivity contribution in [1.82, 2.24) is 4.72 Å². The van der Waals surface area contributed by atoms with Crippen molar-refractivity contribution in [3.05, 3.63) is 35.6 Å². The van der Waals surface area contributed by atoms with Gasteiger partial charge in [0.15, 0.2) is 5.54 Å². The van der Waals surface area contributed by atoms with Crippen LogP contribution in [0.15, 0.2) is 24.3 Å². The van der Waals surface area contributed by atoms with Crippen LogP contribution in [-0.4, -0.2) is 23.0 Å². The summed E-state index contributed by atoms with van der Waals surface area (Å²) in [7, 11) is 0. The van der Waals surface area contributed by atoms with Gasteiger partial charge in [-0.25, -0.2) is 13.2 Å². The van der Waals surface area contributed by atoms with E-state index >= 15 is 0 Å². The summed E-state index contributed by atoms with van der Waals surface area (Å²) >= 11 is -1.78. The number of aldehydes is 1. The van der Waals surface area contributed by atoms with Crippen LogP contribution in [0.3, 0.4) is 0 Å². The highest BCUT2D eigenvalue weighted by Crippen LogP contribution is 2.34. The third kappa shape index (κ3) is 4.46. The van der Waals surface area contributed by atoms with Gasteiger partial charge in [-0.05, 0) is 12.5 Å². The van der Waals surface area contributed by atoms with Crippen LogP contribution in [0.1, 0.15) is 31.7 Å². The predicted octanol–water partition coefficient (Wildman–Crippen LogP) is 2.93. The highest BCUT2D eigenvalue weighted by atomic mass is 32.2. The first-order chi connectivity index (χ1) is 9.97. The average molecular weight is 321 g/mol. The number of carbonyl (C=O) groups excluding carboxylic acids is 1. The van der Waals surface area contributed by atoms with Gasteiger partial charge < -0.3 is 9.35 Å². The third-order valence-corrected chi connectivity index (χ3v) is 4.36. The van der Waals surface area contributed by atoms with Crippen LogP contribution < -0.4 is 4.72 Å². The summed E-state index contributed by atoms with van der Waals surface area (Å²) in [5.41, 5.74) is -2.62. The SMILES string of the molecule is CCCC[S@+]([O-])N[C@@](CC=O)(c1ccccc1F)C(F)F. The molecular formula is C14H18F3NO2S. The van der Waals surface area contributed by atoms with Gasteiger partial charge in [-0.1, -0.05) is 31.5 Å². The summed E-state index contributed by atoms with van der Waals surface area (Å²) in [6.07, 6.45) is -2.13. The van der Waals surface area contributed by atoms with Gasteiger partial charge in [0, 0.05) is 23.3 Å². The van der Waals surface area contributed by atoms with Gasteiger partial charge >= 0.3 is 0 Å². The second-order valence-electron chi connectivity index (χ2n) is 4.63. The number of carbonyl (C=O) groups is 1. The zero-order chi connectivity index (χ0) is 15.9. The van der Waals surface area contributed by atoms with Crippen LogP contribution in [0.2, 0.25) is 0 Å². The maximum Gasteiger partial charge on any atom is 0.265 e. The summed E-state index contributed by atoms with van der Waals surface area (Å²) in [5, 5.41) is 0. The van der Waals surface area contributed by atoms with Gasteiger partial charge in [-0.2, -0.15) is 0 Å². The molecule has 0 fully saturated rings. The molecule has 118 valence electrons. The summed E-state index contributed by atoms with van der Waals surface area (Å²) in [5.74, 6) is -0.696. The van der Waals surface area contributed by atoms with Crippen molar-refractivity contribution in [2.45, 2.75) is 38.2 Å². The fourth-order valence-corrected chi connectivity index (χ4v) is 3.28. The molecule has 0 saturated heterocycles. The second kappa shape index (κ2) is 8.41. The smallest absolute Gasteiger partial charge is 0.265 e. The largest absolute Gasteiger partial charge is 0.598 e. The normalized spacial score (nSPS) is 15.7. The summed E-state index contributed by atoms with van der Waals surface area (Å²) in [4.78, 5) is 10.8. The Bertz CT molecular complexity index is 462. The van der Waals surface area contributed by atoms with E-state index in [1.54, 1.807) is 0 Å². The van der Waals surface area contributed by atoms with E-state index in [9.17, 15) is 22.5 Å². The standard InChI is InChI=1S/C14H18F3NO2S/c1-2-3-10-21(20)18-14(8-9-19,13(16)17)11-6-4-5-7-12(11)15/h4-7,9,13,18H,2-3,8,10H2,1H3/t14-,21-/m0/s1. The average Bonchev–Trinajstić information content (AvgIpc) is 2.45. The molecule has 1 aromatic carbocycles. The van der Waals surface area contributed by atoms with Crippen LogP contribution in [0, 0.1) is 5.82 Å². The summed E-state index contributed by atoms with van der Waals surface area (Å²) in [6.45, 7) is 1.87. The van der Waals surface area contributed by atoms with E-state index in [1.165, 1.54) is 18.2 Å². The minimum Gasteiger partial charge on any atom is -0.598 e. The fourth-order valence-electron chi connectivity index (χ4n) is 1.94. The molecule has 0 heterocycles. The van der Waals surface area contributed by atoms with Gasteiger partial charge in [-0.15, -0.1) is 4.72 Å². The number of nitrogens with one attached hydrogen (secondary N) is 1. The molecule has 21 heavy (non-hydrogen) atoms. The Morgan fingerprint density at radius 1 is 1.43 bits per heavy atom. The zero-order valence-corrected chi connectivity index (χ0v) is 12.5. The number of rotatable bonds is 9. The van der Waals surface area contributed by atoms with Crippen LogP contribution in [0.5, 0.6) is 0 Å². The number of alkyl halides is 2. The zero-order valence-electron chi connectivity index (χ0n) is 11.7. The number of hydrogen-bond acceptors (Lipinski definition) is 3. The molecule has 0 spiro atoms. The molecule has 0 unspecified atom stereocenters. The molecule has 7 heteroatoms. The van der Waals surface area contributed by atoms with Crippen molar-refractivity contribution >= 4 is 17.6 Å². The maximum atomic E-state index is 13.9. The third-order valence-electron chi connectivity index (χ3n) is 3.11. The van der Waals surface area contributed by atoms with Gasteiger partial charge in [-0.3, -0.25) is 0 Å². The van der Waals surface area contributed by atoms with E-state index in [4.69, 9.17) is 0 Å². The fraction of sp³-hybridized carbons (Fsp3) is 0.500. The topological polar surface area (TPSA) is 52.2 Å². The van der Waals surface area contributed by atoms with Crippen molar-refractivity contribution in [3.63, 3.8) is 0 Å². The first-order valence-corrected chi connectivity index (χ1v) is 7.92. The lowest BCUT2D eigenvalue weighted by molar-refractivity contribution is -0.111. The van der Waals surface area contributed by atoms with E-state index < -0.39 is 35.6 Å². The Morgan fingerprint density at radius 3 is 2.62 bits per heavy atom. The van der Waals surface area contributed by atoms with Crippen LogP contribution in [0.25, 0.3) is 0 Å². The second-order valence-corrected chi connectivity index (χ2v) is 5.93. The molecule has 0 bridgehead atoms. The van der Waals surface area contributed by atoms with Gasteiger partial charge in [0.25, 0.3) is 6.43 Å². The van der Waals surface area contributed by atoms with Crippen LogP contribution in [-0.2, 0) is 21.7 Å². The Balaban J connectivity index is 3.16. The Kier molecular flexibility index (Phi) is 7.21. The Hall–Kier alpha value is -1.05. The Labute approximate surface area is 125 Å². The molecule has 1 aromatic rings. The van der Waals surface area contributed by atoms with E-state index in [0.717, 1.165) is 12.5 Å². The number of halogens is 3. The van der Waals surface area contributed by atoms with Crippen LogP contribution in [0.4, 0.5) is 13.2 Å². The number of unbranched alkanes of at least 4 members (excludes halogenated alkanes) is 1. The molecule has 0 radical (unpaired) electrons. The van der Waals surface area contributed by atoms with E-state index in [1.807, 2.05) is 6.92 Å². The van der Waals surface area contributed by atoms with Crippen molar-refractivity contribution in [2.75, 3.05) is 5.75 Å². The van der Waals surface area contributed by atoms with Crippen molar-refractivity contribution in [2.24, 2.45) is 0 Å². The predicted molar refractivity (Wildman–Crippen MR) is 75.8 cm³/mol. The first-order valence-electron chi connectivity index (χ1n) is 6.61. The molecular weight excluding hydrogens is 303 g/mol. The van der Waals surface area contributed by atoms with Gasteiger partial charge in [0.05, 0.1) is 0 Å². The highest BCUT2D eigenvalue weighted by Gasteiger charge is 2.47. The van der Waals surface area contributed by atoms with Crippen LogP contribution >= 0.6 is 0 Å². The molecule has 2 atom stereocenters. The van der Waals surface area contributed by atoms with Crippen molar-refractivity contribution in [3.8, 4) is 0 Å². The molecule has 1 N–H and O–H groups in total. The quantitative estimate of drug-likeness (QED) is 0.562. The minimum absolute atomic E-state index is 0.165. The lowest BCUT2D eigenvalue weighted by Crippen LogP contribution is -2.52. The summed E-state index contributed by atoms with van der Waals surface area (Å²) < 4.78 is 55.2. The lowest BCUT2D eigenvalue weighted by atomic mass is 9.88. The molecule has 0 aliphatic carbocycles. The molecule has 0 saturated carbocycles. The van der Waals surface area contributed by atoms with Crippen molar-refractivity contribution in [1.29, 1.82) is 0 Å². The molecule has 0 aliphatic heterocycles. The van der Waals surface area contributed by atoms with Crippen molar-refractivity contribution < 1.29 is 22.5 Å². The molecule has 1 rings (SSSR count).